The Morgan fingerprint density at radius 3 is 2.89 bits per heavy atom. The molecule has 0 saturated carbocycles. The Bertz CT molecular complexity index is 720. The van der Waals surface area contributed by atoms with Crippen LogP contribution in [0.15, 0.2) is 30.5 Å². The molecule has 3 aromatic rings. The molecule has 96 valence electrons. The maximum atomic E-state index is 4.58. The van der Waals surface area contributed by atoms with Crippen molar-refractivity contribution in [2.75, 3.05) is 5.32 Å². The molecule has 1 aromatic carbocycles. The maximum absolute atomic E-state index is 4.58. The van der Waals surface area contributed by atoms with Crippen molar-refractivity contribution in [3.8, 4) is 0 Å². The van der Waals surface area contributed by atoms with Gasteiger partial charge in [-0.2, -0.15) is 0 Å². The van der Waals surface area contributed by atoms with E-state index in [1.54, 1.807) is 17.5 Å². The molecule has 0 atom stereocenters. The predicted molar refractivity (Wildman–Crippen MR) is 78.5 cm³/mol. The van der Waals surface area contributed by atoms with Crippen LogP contribution < -0.4 is 5.32 Å². The monoisotopic (exact) mass is 270 g/mol. The largest absolute Gasteiger partial charge is 0.356 e. The van der Waals surface area contributed by atoms with Gasteiger partial charge in [0.25, 0.3) is 0 Å². The fourth-order valence-electron chi connectivity index (χ4n) is 1.88. The van der Waals surface area contributed by atoms with E-state index >= 15 is 0 Å². The molecule has 3 rings (SSSR count). The van der Waals surface area contributed by atoms with E-state index < -0.39 is 0 Å². The highest BCUT2D eigenvalue weighted by Gasteiger charge is 2.04. The van der Waals surface area contributed by atoms with Gasteiger partial charge in [-0.25, -0.2) is 15.0 Å². The van der Waals surface area contributed by atoms with E-state index in [1.807, 2.05) is 13.0 Å². The van der Waals surface area contributed by atoms with Crippen LogP contribution in [0.25, 0.3) is 10.2 Å². The number of hydrogen-bond acceptors (Lipinski definition) is 5. The van der Waals surface area contributed by atoms with E-state index in [4.69, 9.17) is 0 Å². The number of nitrogens with zero attached hydrogens (tertiary/aromatic N) is 3. The summed E-state index contributed by atoms with van der Waals surface area (Å²) in [6.45, 7) is 4.64. The van der Waals surface area contributed by atoms with Crippen molar-refractivity contribution in [1.82, 2.24) is 15.0 Å². The number of benzene rings is 1. The van der Waals surface area contributed by atoms with Crippen LogP contribution in [0.1, 0.15) is 17.1 Å². The molecule has 0 aliphatic heterocycles. The van der Waals surface area contributed by atoms with Gasteiger partial charge in [0, 0.05) is 6.20 Å². The van der Waals surface area contributed by atoms with Crippen LogP contribution in [0.2, 0.25) is 0 Å². The van der Waals surface area contributed by atoms with Gasteiger partial charge >= 0.3 is 0 Å². The number of fused-ring (bicyclic) bond motifs is 1. The Hall–Kier alpha value is -2.01. The Kier molecular flexibility index (Phi) is 3.13. The molecule has 0 radical (unpaired) electrons. The zero-order chi connectivity index (χ0) is 13.2. The molecule has 0 spiro atoms. The third-order valence-electron chi connectivity index (χ3n) is 2.80. The SMILES string of the molecule is Cc1ccc2sc(NCc3ccnc(C)n3)nc2c1. The smallest absolute Gasteiger partial charge is 0.184 e. The van der Waals surface area contributed by atoms with E-state index in [0.29, 0.717) is 6.54 Å². The van der Waals surface area contributed by atoms with E-state index in [2.05, 4.69) is 45.4 Å². The third kappa shape index (κ3) is 2.71. The lowest BCUT2D eigenvalue weighted by atomic mass is 10.2. The van der Waals surface area contributed by atoms with E-state index in [1.165, 1.54) is 10.3 Å². The van der Waals surface area contributed by atoms with Gasteiger partial charge < -0.3 is 5.32 Å². The highest BCUT2D eigenvalue weighted by Crippen LogP contribution is 2.26. The summed E-state index contributed by atoms with van der Waals surface area (Å²) in [7, 11) is 0. The van der Waals surface area contributed by atoms with Gasteiger partial charge in [0.05, 0.1) is 22.5 Å². The summed E-state index contributed by atoms with van der Waals surface area (Å²) in [5.74, 6) is 0.791. The minimum Gasteiger partial charge on any atom is -0.356 e. The molecule has 0 aliphatic rings. The molecule has 2 aromatic heterocycles. The Labute approximate surface area is 115 Å². The summed E-state index contributed by atoms with van der Waals surface area (Å²) in [4.78, 5) is 13.0. The molecule has 19 heavy (non-hydrogen) atoms. The summed E-state index contributed by atoms with van der Waals surface area (Å²) in [6, 6.07) is 8.24. The summed E-state index contributed by atoms with van der Waals surface area (Å²) in [6.07, 6.45) is 1.78. The Morgan fingerprint density at radius 2 is 2.05 bits per heavy atom. The van der Waals surface area contributed by atoms with Crippen LogP contribution in [-0.2, 0) is 6.54 Å². The van der Waals surface area contributed by atoms with Gasteiger partial charge in [0.1, 0.15) is 5.82 Å². The predicted octanol–water partition coefficient (Wildman–Crippen LogP) is 3.32. The molecule has 5 heteroatoms. The number of hydrogen-bond donors (Lipinski definition) is 1. The highest BCUT2D eigenvalue weighted by atomic mass is 32.1. The van der Waals surface area contributed by atoms with Gasteiger partial charge in [-0.1, -0.05) is 17.4 Å². The van der Waals surface area contributed by atoms with Crippen LogP contribution in [0.3, 0.4) is 0 Å². The van der Waals surface area contributed by atoms with Crippen molar-refractivity contribution in [3.05, 3.63) is 47.5 Å². The minimum atomic E-state index is 0.669. The number of thiazole rings is 1. The summed E-state index contributed by atoms with van der Waals surface area (Å²) in [5.41, 5.74) is 3.25. The number of rotatable bonds is 3. The summed E-state index contributed by atoms with van der Waals surface area (Å²) < 4.78 is 1.20. The standard InChI is InChI=1S/C14H14N4S/c1-9-3-4-13-12(7-9)18-14(19-13)16-8-11-5-6-15-10(2)17-11/h3-7H,8H2,1-2H3,(H,16,18). The van der Waals surface area contributed by atoms with E-state index in [0.717, 1.165) is 22.2 Å². The number of aryl methyl sites for hydroxylation is 2. The van der Waals surface area contributed by atoms with Crippen LogP contribution in [0.5, 0.6) is 0 Å². The fourth-order valence-corrected chi connectivity index (χ4v) is 2.72. The molecule has 4 nitrogen and oxygen atoms in total. The molecule has 0 fully saturated rings. The van der Waals surface area contributed by atoms with Gasteiger partial charge in [-0.05, 0) is 37.6 Å². The van der Waals surface area contributed by atoms with Crippen molar-refractivity contribution in [2.24, 2.45) is 0 Å². The molecule has 2 heterocycles. The lowest BCUT2D eigenvalue weighted by Crippen LogP contribution is -2.02. The lowest BCUT2D eigenvalue weighted by Gasteiger charge is -2.01. The first kappa shape index (κ1) is 12.0. The normalized spacial score (nSPS) is 10.8. The zero-order valence-electron chi connectivity index (χ0n) is 10.8. The molecular weight excluding hydrogens is 256 g/mol. The van der Waals surface area contributed by atoms with Crippen LogP contribution in [-0.4, -0.2) is 15.0 Å². The minimum absolute atomic E-state index is 0.669. The van der Waals surface area contributed by atoms with Gasteiger partial charge in [-0.3, -0.25) is 0 Å². The van der Waals surface area contributed by atoms with Crippen molar-refractivity contribution in [1.29, 1.82) is 0 Å². The third-order valence-corrected chi connectivity index (χ3v) is 3.79. The van der Waals surface area contributed by atoms with Crippen molar-refractivity contribution < 1.29 is 0 Å². The number of anilines is 1. The van der Waals surface area contributed by atoms with E-state index in [9.17, 15) is 0 Å². The summed E-state index contributed by atoms with van der Waals surface area (Å²) in [5, 5.41) is 4.24. The molecule has 0 unspecified atom stereocenters. The van der Waals surface area contributed by atoms with Crippen LogP contribution in [0, 0.1) is 13.8 Å². The second-order valence-electron chi connectivity index (χ2n) is 4.44. The first-order valence-corrected chi connectivity index (χ1v) is 6.92. The van der Waals surface area contributed by atoms with Crippen molar-refractivity contribution in [3.63, 3.8) is 0 Å². The van der Waals surface area contributed by atoms with Gasteiger partial charge in [0.15, 0.2) is 5.13 Å². The van der Waals surface area contributed by atoms with Gasteiger partial charge in [0.2, 0.25) is 0 Å². The number of nitrogens with one attached hydrogen (secondary N) is 1. The van der Waals surface area contributed by atoms with Crippen LogP contribution in [0.4, 0.5) is 5.13 Å². The lowest BCUT2D eigenvalue weighted by molar-refractivity contribution is 0.954. The first-order valence-electron chi connectivity index (χ1n) is 6.10. The fraction of sp³-hybridized carbons (Fsp3) is 0.214. The maximum Gasteiger partial charge on any atom is 0.184 e. The Morgan fingerprint density at radius 1 is 1.16 bits per heavy atom. The van der Waals surface area contributed by atoms with Crippen LogP contribution >= 0.6 is 11.3 Å². The van der Waals surface area contributed by atoms with Gasteiger partial charge in [-0.15, -0.1) is 0 Å². The average molecular weight is 270 g/mol. The molecule has 0 saturated heterocycles. The number of aromatic nitrogens is 3. The summed E-state index contributed by atoms with van der Waals surface area (Å²) >= 11 is 1.66. The topological polar surface area (TPSA) is 50.7 Å². The highest BCUT2D eigenvalue weighted by molar-refractivity contribution is 7.22. The molecule has 1 N–H and O–H groups in total. The molecule has 0 amide bonds. The van der Waals surface area contributed by atoms with Crippen molar-refractivity contribution >= 4 is 26.7 Å². The molecule has 0 aliphatic carbocycles. The molecular formula is C14H14N4S. The first-order chi connectivity index (χ1) is 9.20. The molecule has 0 bridgehead atoms. The van der Waals surface area contributed by atoms with Crippen molar-refractivity contribution in [2.45, 2.75) is 20.4 Å². The zero-order valence-corrected chi connectivity index (χ0v) is 11.7. The second-order valence-corrected chi connectivity index (χ2v) is 5.47. The Balaban J connectivity index is 1.78. The quantitative estimate of drug-likeness (QED) is 0.793. The van der Waals surface area contributed by atoms with E-state index in [-0.39, 0.29) is 0 Å². The second kappa shape index (κ2) is 4.93. The average Bonchev–Trinajstić information content (AvgIpc) is 2.78.